The van der Waals surface area contributed by atoms with E-state index in [1.807, 2.05) is 19.9 Å². The maximum absolute atomic E-state index is 12.4. The van der Waals surface area contributed by atoms with Crippen molar-refractivity contribution in [3.8, 4) is 0 Å². The van der Waals surface area contributed by atoms with Gasteiger partial charge < -0.3 is 9.47 Å². The van der Waals surface area contributed by atoms with E-state index >= 15 is 0 Å². The van der Waals surface area contributed by atoms with Gasteiger partial charge in [-0.2, -0.15) is 0 Å². The van der Waals surface area contributed by atoms with Crippen molar-refractivity contribution < 1.29 is 14.3 Å². The minimum Gasteiger partial charge on any atom is -0.467 e. The van der Waals surface area contributed by atoms with Crippen molar-refractivity contribution in [2.75, 3.05) is 13.7 Å². The first-order valence-corrected chi connectivity index (χ1v) is 8.40. The summed E-state index contributed by atoms with van der Waals surface area (Å²) < 4.78 is 11.0. The summed E-state index contributed by atoms with van der Waals surface area (Å²) in [5.41, 5.74) is 0.490. The van der Waals surface area contributed by atoms with Crippen LogP contribution in [0.1, 0.15) is 52.0 Å². The number of ether oxygens (including phenoxy) is 2. The Kier molecular flexibility index (Phi) is 8.18. The molecule has 1 aromatic carbocycles. The first-order chi connectivity index (χ1) is 10.6. The Hall–Kier alpha value is -1.35. The molecule has 1 aromatic rings. The predicted molar refractivity (Wildman–Crippen MR) is 89.8 cm³/mol. The number of carbonyl (C=O) groups is 1. The zero-order chi connectivity index (χ0) is 16.4. The fourth-order valence-electron chi connectivity index (χ4n) is 3.25. The summed E-state index contributed by atoms with van der Waals surface area (Å²) in [7, 11) is 1.45. The molecular formula is C19H30O3. The smallest absolute Gasteiger partial charge is 0.338 e. The summed E-state index contributed by atoms with van der Waals surface area (Å²) in [4.78, 5) is 12.4. The van der Waals surface area contributed by atoms with E-state index < -0.39 is 5.60 Å². The molecule has 0 heterocycles. The normalized spacial score (nSPS) is 15.1. The van der Waals surface area contributed by atoms with Gasteiger partial charge >= 0.3 is 5.97 Å². The summed E-state index contributed by atoms with van der Waals surface area (Å²) in [5, 5.41) is 0. The molecule has 0 bridgehead atoms. The van der Waals surface area contributed by atoms with Crippen molar-refractivity contribution in [2.45, 2.75) is 58.5 Å². The Morgan fingerprint density at radius 1 is 1.14 bits per heavy atom. The number of aryl methyl sites for hydroxylation is 1. The maximum Gasteiger partial charge on any atom is 0.338 e. The van der Waals surface area contributed by atoms with Gasteiger partial charge in [-0.15, -0.1) is 0 Å². The molecule has 3 heteroatoms. The van der Waals surface area contributed by atoms with Crippen molar-refractivity contribution in [3.63, 3.8) is 0 Å². The summed E-state index contributed by atoms with van der Waals surface area (Å²) >= 11 is 0. The monoisotopic (exact) mass is 306 g/mol. The SMILES string of the molecule is CCCC(CCc1ccccc1)C(CC)(OCC)C(=O)OC. The van der Waals surface area contributed by atoms with Gasteiger partial charge in [-0.25, -0.2) is 4.79 Å². The van der Waals surface area contributed by atoms with Crippen LogP contribution in [-0.4, -0.2) is 25.3 Å². The molecule has 0 saturated carbocycles. The molecule has 0 aliphatic carbocycles. The van der Waals surface area contributed by atoms with Gasteiger partial charge in [0.05, 0.1) is 7.11 Å². The second-order valence-corrected chi connectivity index (χ2v) is 5.68. The first-order valence-electron chi connectivity index (χ1n) is 8.40. The molecule has 0 spiro atoms. The molecule has 0 saturated heterocycles. The van der Waals surface area contributed by atoms with E-state index in [1.165, 1.54) is 12.7 Å². The Bertz CT molecular complexity index is 430. The van der Waals surface area contributed by atoms with Crippen LogP contribution in [0, 0.1) is 5.92 Å². The summed E-state index contributed by atoms with van der Waals surface area (Å²) in [5.74, 6) is -0.0570. The lowest BCUT2D eigenvalue weighted by Gasteiger charge is -2.37. The molecule has 1 rings (SSSR count). The van der Waals surface area contributed by atoms with Gasteiger partial charge in [0.15, 0.2) is 5.60 Å². The molecule has 3 nitrogen and oxygen atoms in total. The van der Waals surface area contributed by atoms with E-state index in [0.717, 1.165) is 25.7 Å². The van der Waals surface area contributed by atoms with Crippen molar-refractivity contribution in [1.82, 2.24) is 0 Å². The molecule has 0 aromatic heterocycles. The average molecular weight is 306 g/mol. The van der Waals surface area contributed by atoms with Crippen LogP contribution in [0.5, 0.6) is 0 Å². The van der Waals surface area contributed by atoms with Crippen LogP contribution in [0.25, 0.3) is 0 Å². The third-order valence-electron chi connectivity index (χ3n) is 4.38. The van der Waals surface area contributed by atoms with Crippen LogP contribution in [0.3, 0.4) is 0 Å². The summed E-state index contributed by atoms with van der Waals surface area (Å²) in [6.07, 6.45) is 4.53. The van der Waals surface area contributed by atoms with Crippen LogP contribution in [0.15, 0.2) is 30.3 Å². The maximum atomic E-state index is 12.4. The Morgan fingerprint density at radius 3 is 2.32 bits per heavy atom. The lowest BCUT2D eigenvalue weighted by Crippen LogP contribution is -2.49. The third kappa shape index (κ3) is 4.57. The zero-order valence-electron chi connectivity index (χ0n) is 14.4. The number of rotatable bonds is 10. The van der Waals surface area contributed by atoms with Crippen LogP contribution in [0.2, 0.25) is 0 Å². The lowest BCUT2D eigenvalue weighted by atomic mass is 9.78. The van der Waals surface area contributed by atoms with Crippen LogP contribution in [0.4, 0.5) is 0 Å². The number of methoxy groups -OCH3 is 1. The highest BCUT2D eigenvalue weighted by Gasteiger charge is 2.45. The van der Waals surface area contributed by atoms with Crippen LogP contribution < -0.4 is 0 Å². The molecule has 0 aliphatic heterocycles. The standard InChI is InChI=1S/C19H30O3/c1-5-11-17(15-14-16-12-9-8-10-13-16)19(6-2,22-7-3)18(20)21-4/h8-10,12-13,17H,5-7,11,14-15H2,1-4H3. The number of esters is 1. The van der Waals surface area contributed by atoms with Gasteiger partial charge in [0, 0.05) is 6.61 Å². The molecule has 0 aliphatic rings. The molecule has 0 fully saturated rings. The highest BCUT2D eigenvalue weighted by Crippen LogP contribution is 2.34. The van der Waals surface area contributed by atoms with E-state index in [4.69, 9.17) is 9.47 Å². The number of hydrogen-bond donors (Lipinski definition) is 0. The molecule has 124 valence electrons. The Morgan fingerprint density at radius 2 is 1.82 bits per heavy atom. The minimum absolute atomic E-state index is 0.176. The molecule has 22 heavy (non-hydrogen) atoms. The zero-order valence-corrected chi connectivity index (χ0v) is 14.4. The molecule has 2 atom stereocenters. The molecular weight excluding hydrogens is 276 g/mol. The largest absolute Gasteiger partial charge is 0.467 e. The first kappa shape index (κ1) is 18.7. The number of benzene rings is 1. The van der Waals surface area contributed by atoms with Gasteiger partial charge in [0.25, 0.3) is 0 Å². The second kappa shape index (κ2) is 9.62. The Labute approximate surface area is 135 Å². The van der Waals surface area contributed by atoms with Gasteiger partial charge in [-0.3, -0.25) is 0 Å². The molecule has 0 N–H and O–H groups in total. The fourth-order valence-corrected chi connectivity index (χ4v) is 3.25. The van der Waals surface area contributed by atoms with Crippen molar-refractivity contribution >= 4 is 5.97 Å². The van der Waals surface area contributed by atoms with E-state index in [1.54, 1.807) is 0 Å². The minimum atomic E-state index is -0.811. The van der Waals surface area contributed by atoms with Crippen molar-refractivity contribution in [3.05, 3.63) is 35.9 Å². The molecule has 0 amide bonds. The van der Waals surface area contributed by atoms with E-state index in [-0.39, 0.29) is 11.9 Å². The van der Waals surface area contributed by atoms with Crippen LogP contribution in [-0.2, 0) is 20.7 Å². The van der Waals surface area contributed by atoms with E-state index in [9.17, 15) is 4.79 Å². The van der Waals surface area contributed by atoms with Gasteiger partial charge in [-0.1, -0.05) is 50.6 Å². The second-order valence-electron chi connectivity index (χ2n) is 5.68. The Balaban J connectivity index is 2.94. The number of hydrogen-bond acceptors (Lipinski definition) is 3. The predicted octanol–water partition coefficient (Wildman–Crippen LogP) is 4.39. The summed E-state index contributed by atoms with van der Waals surface area (Å²) in [6, 6.07) is 10.4. The van der Waals surface area contributed by atoms with Crippen molar-refractivity contribution in [2.24, 2.45) is 5.92 Å². The van der Waals surface area contributed by atoms with Crippen molar-refractivity contribution in [1.29, 1.82) is 0 Å². The fraction of sp³-hybridized carbons (Fsp3) is 0.632. The van der Waals surface area contributed by atoms with Gasteiger partial charge in [-0.05, 0) is 44.1 Å². The van der Waals surface area contributed by atoms with Gasteiger partial charge in [0.2, 0.25) is 0 Å². The molecule has 0 radical (unpaired) electrons. The highest BCUT2D eigenvalue weighted by molar-refractivity contribution is 5.80. The third-order valence-corrected chi connectivity index (χ3v) is 4.38. The van der Waals surface area contributed by atoms with E-state index in [2.05, 4.69) is 31.2 Å². The van der Waals surface area contributed by atoms with Gasteiger partial charge in [0.1, 0.15) is 0 Å². The summed E-state index contributed by atoms with van der Waals surface area (Å²) in [6.45, 7) is 6.62. The quantitative estimate of drug-likeness (QED) is 0.601. The lowest BCUT2D eigenvalue weighted by molar-refractivity contribution is -0.179. The van der Waals surface area contributed by atoms with E-state index in [0.29, 0.717) is 13.0 Å². The average Bonchev–Trinajstić information content (AvgIpc) is 2.57. The number of carbonyl (C=O) groups excluding carboxylic acids is 1. The molecule has 2 unspecified atom stereocenters. The van der Waals surface area contributed by atoms with Crippen LogP contribution >= 0.6 is 0 Å². The highest BCUT2D eigenvalue weighted by atomic mass is 16.6. The topological polar surface area (TPSA) is 35.5 Å².